The van der Waals surface area contributed by atoms with Gasteiger partial charge in [-0.1, -0.05) is 25.1 Å². The number of likely N-dealkylation sites (tertiary alicyclic amines) is 1. The van der Waals surface area contributed by atoms with E-state index in [9.17, 15) is 9.59 Å². The van der Waals surface area contributed by atoms with Gasteiger partial charge in [0, 0.05) is 43.4 Å². The van der Waals surface area contributed by atoms with Crippen LogP contribution >= 0.6 is 0 Å². The second kappa shape index (κ2) is 11.4. The van der Waals surface area contributed by atoms with Gasteiger partial charge in [-0.2, -0.15) is 0 Å². The highest BCUT2D eigenvalue weighted by atomic mass is 16.6. The number of carbonyl (C=O) groups is 2. The molecular formula is C31H36N6O3. The summed E-state index contributed by atoms with van der Waals surface area (Å²) in [6, 6.07) is 17.2. The van der Waals surface area contributed by atoms with Gasteiger partial charge in [-0.25, -0.2) is 14.8 Å². The van der Waals surface area contributed by atoms with Crippen molar-refractivity contribution in [1.29, 1.82) is 0 Å². The molecule has 2 N–H and O–H groups in total. The molecule has 1 atom stereocenters. The molecule has 1 aliphatic heterocycles. The molecule has 0 spiro atoms. The number of pyridine rings is 1. The number of aromatic nitrogens is 3. The molecule has 208 valence electrons. The van der Waals surface area contributed by atoms with E-state index in [4.69, 9.17) is 4.74 Å². The normalized spacial score (nSPS) is 15.3. The van der Waals surface area contributed by atoms with Crippen molar-refractivity contribution in [3.05, 3.63) is 78.2 Å². The summed E-state index contributed by atoms with van der Waals surface area (Å²) in [6.45, 7) is 9.66. The zero-order valence-electron chi connectivity index (χ0n) is 23.5. The minimum absolute atomic E-state index is 0.120. The first-order chi connectivity index (χ1) is 19.2. The Kier molecular flexibility index (Phi) is 7.73. The lowest BCUT2D eigenvalue weighted by Crippen LogP contribution is -2.35. The quantitative estimate of drug-likeness (QED) is 0.278. The van der Waals surface area contributed by atoms with Crippen LogP contribution in [-0.4, -0.2) is 57.1 Å². The second-order valence-electron chi connectivity index (χ2n) is 11.1. The monoisotopic (exact) mass is 540 g/mol. The molecule has 1 saturated heterocycles. The molecule has 9 heteroatoms. The third-order valence-corrected chi connectivity index (χ3v) is 6.88. The summed E-state index contributed by atoms with van der Waals surface area (Å²) in [5.74, 6) is 0.648. The Labute approximate surface area is 234 Å². The van der Waals surface area contributed by atoms with Crippen molar-refractivity contribution in [2.45, 2.75) is 52.1 Å². The smallest absolute Gasteiger partial charge is 0.410 e. The molecule has 2 aromatic heterocycles. The van der Waals surface area contributed by atoms with E-state index in [1.54, 1.807) is 22.3 Å². The van der Waals surface area contributed by atoms with Gasteiger partial charge in [-0.15, -0.1) is 0 Å². The van der Waals surface area contributed by atoms with Gasteiger partial charge in [-0.3, -0.25) is 9.69 Å². The largest absolute Gasteiger partial charge is 0.444 e. The van der Waals surface area contributed by atoms with E-state index in [2.05, 4.69) is 27.2 Å². The van der Waals surface area contributed by atoms with E-state index in [1.165, 1.54) is 0 Å². The number of amides is 2. The number of hydrogen-bond acceptors (Lipinski definition) is 6. The zero-order valence-corrected chi connectivity index (χ0v) is 23.5. The fourth-order valence-electron chi connectivity index (χ4n) is 4.98. The van der Waals surface area contributed by atoms with E-state index >= 15 is 0 Å². The minimum atomic E-state index is -0.541. The van der Waals surface area contributed by atoms with Crippen molar-refractivity contribution in [2.75, 3.05) is 29.9 Å². The Hall–Kier alpha value is -4.40. The van der Waals surface area contributed by atoms with Crippen molar-refractivity contribution < 1.29 is 14.3 Å². The number of carbonyl (C=O) groups excluding carboxylic acids is 2. The van der Waals surface area contributed by atoms with Gasteiger partial charge in [0.15, 0.2) is 0 Å². The van der Waals surface area contributed by atoms with Crippen LogP contribution in [0.15, 0.2) is 67.1 Å². The van der Waals surface area contributed by atoms with Crippen LogP contribution in [0.2, 0.25) is 0 Å². The lowest BCUT2D eigenvalue weighted by molar-refractivity contribution is 0.0292. The lowest BCUT2D eigenvalue weighted by atomic mass is 9.96. The van der Waals surface area contributed by atoms with Crippen LogP contribution in [-0.2, 0) is 4.74 Å². The Morgan fingerprint density at radius 1 is 1.12 bits per heavy atom. The van der Waals surface area contributed by atoms with Crippen LogP contribution in [0.4, 0.5) is 22.0 Å². The van der Waals surface area contributed by atoms with Crippen molar-refractivity contribution >= 4 is 40.2 Å². The van der Waals surface area contributed by atoms with Crippen molar-refractivity contribution in [3.8, 4) is 0 Å². The molecule has 0 aliphatic carbocycles. The highest BCUT2D eigenvalue weighted by molar-refractivity contribution is 6.14. The van der Waals surface area contributed by atoms with Crippen LogP contribution in [0.5, 0.6) is 0 Å². The zero-order chi connectivity index (χ0) is 28.3. The van der Waals surface area contributed by atoms with Gasteiger partial charge in [0.1, 0.15) is 16.9 Å². The topological polar surface area (TPSA) is 103 Å². The van der Waals surface area contributed by atoms with E-state index in [1.807, 2.05) is 75.4 Å². The Balaban J connectivity index is 1.47. The number of nitrogens with one attached hydrogen (secondary N) is 2. The summed E-state index contributed by atoms with van der Waals surface area (Å²) < 4.78 is 5.57. The third kappa shape index (κ3) is 5.93. The summed E-state index contributed by atoms with van der Waals surface area (Å²) in [5.41, 5.74) is 3.96. The molecule has 2 amide bonds. The van der Waals surface area contributed by atoms with Crippen molar-refractivity contribution in [1.82, 2.24) is 19.9 Å². The summed E-state index contributed by atoms with van der Waals surface area (Å²) in [4.78, 5) is 42.4. The number of anilines is 3. The Bertz CT molecular complexity index is 1510. The fourth-order valence-corrected chi connectivity index (χ4v) is 4.98. The maximum absolute atomic E-state index is 14.3. The first-order valence-corrected chi connectivity index (χ1v) is 13.8. The van der Waals surface area contributed by atoms with Crippen molar-refractivity contribution in [3.63, 3.8) is 0 Å². The molecule has 2 aromatic carbocycles. The molecule has 1 fully saturated rings. The number of imidazole rings is 1. The molecular weight excluding hydrogens is 504 g/mol. The minimum Gasteiger partial charge on any atom is -0.444 e. The number of para-hydroxylation sites is 1. The fraction of sp³-hybridized carbons (Fsp3) is 0.355. The highest BCUT2D eigenvalue weighted by Gasteiger charge is 2.31. The van der Waals surface area contributed by atoms with Gasteiger partial charge in [0.05, 0.1) is 23.2 Å². The third-order valence-electron chi connectivity index (χ3n) is 6.88. The van der Waals surface area contributed by atoms with E-state index in [0.717, 1.165) is 30.5 Å². The standard InChI is InChI=1S/C31H36N6O3/c1-5-14-32-27-18-24(12-15-33-27)37(26-11-7-10-25-28(26)35-20-34-25)29(38)22-9-6-8-21(17-22)23-13-16-36(19-23)30(39)40-31(2,3)4/h6-12,15,17-18,20,23H,5,13-14,16,19H2,1-4H3,(H,32,33)(H,34,35). The Morgan fingerprint density at radius 3 is 2.75 bits per heavy atom. The van der Waals surface area contributed by atoms with Crippen molar-refractivity contribution in [2.24, 2.45) is 0 Å². The van der Waals surface area contributed by atoms with E-state index < -0.39 is 5.60 Å². The van der Waals surface area contributed by atoms with E-state index in [0.29, 0.717) is 41.4 Å². The summed E-state index contributed by atoms with van der Waals surface area (Å²) in [7, 11) is 0. The maximum Gasteiger partial charge on any atom is 0.410 e. The average molecular weight is 541 g/mol. The highest BCUT2D eigenvalue weighted by Crippen LogP contribution is 2.34. The number of hydrogen-bond donors (Lipinski definition) is 2. The van der Waals surface area contributed by atoms with Gasteiger partial charge in [0.25, 0.3) is 5.91 Å². The van der Waals surface area contributed by atoms with Crippen LogP contribution in [0.1, 0.15) is 62.4 Å². The number of fused-ring (bicyclic) bond motifs is 1. The van der Waals surface area contributed by atoms with Crippen LogP contribution in [0.3, 0.4) is 0 Å². The number of ether oxygens (including phenoxy) is 1. The average Bonchev–Trinajstić information content (AvgIpc) is 3.62. The SMILES string of the molecule is CCCNc1cc(N(C(=O)c2cccc(C3CCN(C(=O)OC(C)(C)C)C3)c2)c2cccc3[nH]cnc23)ccn1. The van der Waals surface area contributed by atoms with Gasteiger partial charge in [0.2, 0.25) is 0 Å². The maximum atomic E-state index is 14.3. The molecule has 3 heterocycles. The van der Waals surface area contributed by atoms with Crippen LogP contribution in [0.25, 0.3) is 11.0 Å². The molecule has 9 nitrogen and oxygen atoms in total. The molecule has 0 radical (unpaired) electrons. The predicted molar refractivity (Wildman–Crippen MR) is 157 cm³/mol. The molecule has 0 bridgehead atoms. The molecule has 1 aliphatic rings. The molecule has 5 rings (SSSR count). The number of rotatable bonds is 7. The lowest BCUT2D eigenvalue weighted by Gasteiger charge is -2.25. The molecule has 1 unspecified atom stereocenters. The Morgan fingerprint density at radius 2 is 1.95 bits per heavy atom. The van der Waals surface area contributed by atoms with Crippen LogP contribution in [0, 0.1) is 0 Å². The molecule has 4 aromatic rings. The first kappa shape index (κ1) is 27.2. The van der Waals surface area contributed by atoms with Gasteiger partial charge >= 0.3 is 6.09 Å². The van der Waals surface area contributed by atoms with Crippen LogP contribution < -0.4 is 10.2 Å². The molecule has 40 heavy (non-hydrogen) atoms. The predicted octanol–water partition coefficient (Wildman–Crippen LogP) is 6.48. The summed E-state index contributed by atoms with van der Waals surface area (Å²) in [6.07, 6.45) is 4.81. The van der Waals surface area contributed by atoms with E-state index in [-0.39, 0.29) is 17.9 Å². The number of H-pyrrole nitrogens is 1. The number of nitrogens with zero attached hydrogens (tertiary/aromatic N) is 4. The second-order valence-corrected chi connectivity index (χ2v) is 11.1. The molecule has 0 saturated carbocycles. The van der Waals surface area contributed by atoms with Gasteiger partial charge in [-0.05, 0) is 69.5 Å². The number of benzene rings is 2. The summed E-state index contributed by atoms with van der Waals surface area (Å²) >= 11 is 0. The number of aromatic amines is 1. The summed E-state index contributed by atoms with van der Waals surface area (Å²) in [5, 5.41) is 3.31. The van der Waals surface area contributed by atoms with Gasteiger partial charge < -0.3 is 19.9 Å². The first-order valence-electron chi connectivity index (χ1n) is 13.8.